The van der Waals surface area contributed by atoms with Crippen LogP contribution in [0.25, 0.3) is 0 Å². The van der Waals surface area contributed by atoms with Gasteiger partial charge >= 0.3 is 0 Å². The average Bonchev–Trinajstić information content (AvgIpc) is 2.42. The maximum Gasteiger partial charge on any atom is 0.122 e. The van der Waals surface area contributed by atoms with E-state index >= 15 is 0 Å². The number of hydrogen-bond acceptors (Lipinski definition) is 2. The van der Waals surface area contributed by atoms with Crippen LogP contribution in [0.3, 0.4) is 0 Å². The van der Waals surface area contributed by atoms with Gasteiger partial charge in [0.1, 0.15) is 11.5 Å². The maximum atomic E-state index is 9.67. The van der Waals surface area contributed by atoms with Crippen LogP contribution in [0.5, 0.6) is 11.5 Å². The molecule has 2 nitrogen and oxygen atoms in total. The van der Waals surface area contributed by atoms with Gasteiger partial charge in [0.15, 0.2) is 0 Å². The number of rotatable bonds is 6. The average molecular weight is 256 g/mol. The summed E-state index contributed by atoms with van der Waals surface area (Å²) >= 11 is 0. The van der Waals surface area contributed by atoms with Crippen molar-refractivity contribution in [1.82, 2.24) is 0 Å². The minimum absolute atomic E-state index is 0.197. The minimum atomic E-state index is 0.197. The van der Waals surface area contributed by atoms with E-state index in [1.165, 1.54) is 5.56 Å². The molecule has 0 atom stereocenters. The van der Waals surface area contributed by atoms with Crippen molar-refractivity contribution in [3.63, 3.8) is 0 Å². The molecule has 0 radical (unpaired) electrons. The number of benzene rings is 2. The molecule has 0 bridgehead atoms. The molecule has 0 aromatic heterocycles. The van der Waals surface area contributed by atoms with Gasteiger partial charge in [-0.25, -0.2) is 0 Å². The van der Waals surface area contributed by atoms with E-state index in [0.717, 1.165) is 32.1 Å². The smallest absolute Gasteiger partial charge is 0.122 e. The van der Waals surface area contributed by atoms with Crippen molar-refractivity contribution in [2.75, 3.05) is 0 Å². The molecule has 2 heteroatoms. The van der Waals surface area contributed by atoms with Gasteiger partial charge in [-0.15, -0.1) is 0 Å². The maximum absolute atomic E-state index is 9.67. The van der Waals surface area contributed by atoms with Crippen LogP contribution in [-0.4, -0.2) is 10.2 Å². The van der Waals surface area contributed by atoms with Gasteiger partial charge in [-0.3, -0.25) is 0 Å². The summed E-state index contributed by atoms with van der Waals surface area (Å²) in [7, 11) is 0. The van der Waals surface area contributed by atoms with E-state index in [1.807, 2.05) is 6.07 Å². The third-order valence-electron chi connectivity index (χ3n) is 3.36. The topological polar surface area (TPSA) is 40.5 Å². The fraction of sp³-hybridized carbons (Fsp3) is 0.294. The second-order valence-corrected chi connectivity index (χ2v) is 4.82. The second-order valence-electron chi connectivity index (χ2n) is 4.82. The van der Waals surface area contributed by atoms with Gasteiger partial charge < -0.3 is 10.2 Å². The number of aromatic hydroxyl groups is 2. The number of hydrogen-bond donors (Lipinski definition) is 2. The number of phenolic OH excluding ortho intramolecular Hbond substituents is 2. The van der Waals surface area contributed by atoms with Crippen LogP contribution in [0.15, 0.2) is 48.5 Å². The third-order valence-corrected chi connectivity index (χ3v) is 3.36. The molecule has 0 heterocycles. The zero-order valence-electron chi connectivity index (χ0n) is 11.0. The lowest BCUT2D eigenvalue weighted by Crippen LogP contribution is -1.90. The SMILES string of the molecule is Oc1cccc(O)c1CCCCCc1ccccc1. The Bertz CT molecular complexity index is 486. The molecule has 0 aliphatic heterocycles. The van der Waals surface area contributed by atoms with E-state index in [0.29, 0.717) is 5.56 Å². The van der Waals surface area contributed by atoms with Crippen molar-refractivity contribution in [2.45, 2.75) is 32.1 Å². The summed E-state index contributed by atoms with van der Waals surface area (Å²) in [6.45, 7) is 0. The van der Waals surface area contributed by atoms with Gasteiger partial charge in [-0.2, -0.15) is 0 Å². The first-order valence-electron chi connectivity index (χ1n) is 6.81. The van der Waals surface area contributed by atoms with E-state index in [4.69, 9.17) is 0 Å². The molecule has 0 aliphatic rings. The Morgan fingerprint density at radius 1 is 0.632 bits per heavy atom. The van der Waals surface area contributed by atoms with E-state index in [-0.39, 0.29) is 11.5 Å². The van der Waals surface area contributed by atoms with Crippen molar-refractivity contribution in [2.24, 2.45) is 0 Å². The van der Waals surface area contributed by atoms with Crippen molar-refractivity contribution in [1.29, 1.82) is 0 Å². The highest BCUT2D eigenvalue weighted by Crippen LogP contribution is 2.27. The van der Waals surface area contributed by atoms with Gasteiger partial charge in [0.05, 0.1) is 0 Å². The van der Waals surface area contributed by atoms with Crippen molar-refractivity contribution in [3.05, 3.63) is 59.7 Å². The molecule has 100 valence electrons. The Kier molecular flexibility index (Phi) is 4.85. The van der Waals surface area contributed by atoms with Gasteiger partial charge in [0.25, 0.3) is 0 Å². The molecule has 2 aromatic carbocycles. The van der Waals surface area contributed by atoms with Gasteiger partial charge in [0, 0.05) is 5.56 Å². The van der Waals surface area contributed by atoms with Crippen molar-refractivity contribution >= 4 is 0 Å². The van der Waals surface area contributed by atoms with E-state index in [2.05, 4.69) is 24.3 Å². The first kappa shape index (κ1) is 13.5. The lowest BCUT2D eigenvalue weighted by Gasteiger charge is -2.07. The quantitative estimate of drug-likeness (QED) is 0.765. The van der Waals surface area contributed by atoms with Gasteiger partial charge in [0.2, 0.25) is 0 Å². The van der Waals surface area contributed by atoms with Crippen LogP contribution in [0.4, 0.5) is 0 Å². The third kappa shape index (κ3) is 4.02. The van der Waals surface area contributed by atoms with E-state index in [1.54, 1.807) is 18.2 Å². The Labute approximate surface area is 114 Å². The summed E-state index contributed by atoms with van der Waals surface area (Å²) in [5.41, 5.74) is 2.04. The second kappa shape index (κ2) is 6.83. The fourth-order valence-corrected chi connectivity index (χ4v) is 2.27. The molecule has 2 rings (SSSR count). The number of unbranched alkanes of at least 4 members (excludes halogenated alkanes) is 2. The van der Waals surface area contributed by atoms with Crippen molar-refractivity contribution < 1.29 is 10.2 Å². The minimum Gasteiger partial charge on any atom is -0.508 e. The van der Waals surface area contributed by atoms with Gasteiger partial charge in [-0.05, 0) is 43.4 Å². The Morgan fingerprint density at radius 2 is 1.26 bits per heavy atom. The Hall–Kier alpha value is -1.96. The van der Waals surface area contributed by atoms with E-state index < -0.39 is 0 Å². The number of aryl methyl sites for hydroxylation is 1. The fourth-order valence-electron chi connectivity index (χ4n) is 2.27. The van der Waals surface area contributed by atoms with Crippen LogP contribution >= 0.6 is 0 Å². The molecule has 0 saturated carbocycles. The molecule has 0 amide bonds. The molecule has 2 aromatic rings. The van der Waals surface area contributed by atoms with Crippen LogP contribution < -0.4 is 0 Å². The largest absolute Gasteiger partial charge is 0.508 e. The Morgan fingerprint density at radius 3 is 1.95 bits per heavy atom. The molecule has 0 unspecified atom stereocenters. The predicted molar refractivity (Wildman–Crippen MR) is 77.5 cm³/mol. The summed E-state index contributed by atoms with van der Waals surface area (Å²) in [6, 6.07) is 15.4. The van der Waals surface area contributed by atoms with Gasteiger partial charge in [-0.1, -0.05) is 42.8 Å². The molecule has 0 fully saturated rings. The molecule has 0 spiro atoms. The zero-order valence-corrected chi connectivity index (χ0v) is 11.0. The molecule has 0 aliphatic carbocycles. The Balaban J connectivity index is 1.73. The monoisotopic (exact) mass is 256 g/mol. The lowest BCUT2D eigenvalue weighted by atomic mass is 10.0. The summed E-state index contributed by atoms with van der Waals surface area (Å²) in [5, 5.41) is 19.3. The molecular formula is C17H20O2. The summed E-state index contributed by atoms with van der Waals surface area (Å²) in [4.78, 5) is 0. The summed E-state index contributed by atoms with van der Waals surface area (Å²) in [5.74, 6) is 0.395. The summed E-state index contributed by atoms with van der Waals surface area (Å²) < 4.78 is 0. The van der Waals surface area contributed by atoms with Crippen LogP contribution in [0.1, 0.15) is 30.4 Å². The first-order valence-corrected chi connectivity index (χ1v) is 6.81. The highest BCUT2D eigenvalue weighted by molar-refractivity contribution is 5.42. The number of phenols is 2. The van der Waals surface area contributed by atoms with Crippen molar-refractivity contribution in [3.8, 4) is 11.5 Å². The lowest BCUT2D eigenvalue weighted by molar-refractivity contribution is 0.436. The summed E-state index contributed by atoms with van der Waals surface area (Å²) in [6.07, 6.45) is 5.04. The first-order chi connectivity index (χ1) is 9.27. The van der Waals surface area contributed by atoms with Crippen LogP contribution in [0, 0.1) is 0 Å². The highest BCUT2D eigenvalue weighted by Gasteiger charge is 2.05. The molecule has 19 heavy (non-hydrogen) atoms. The van der Waals surface area contributed by atoms with Crippen LogP contribution in [-0.2, 0) is 12.8 Å². The molecule has 2 N–H and O–H groups in total. The molecular weight excluding hydrogens is 236 g/mol. The predicted octanol–water partition coefficient (Wildman–Crippen LogP) is 4.05. The standard InChI is InChI=1S/C17H20O2/c18-16-12-7-13-17(19)15(16)11-6-2-5-10-14-8-3-1-4-9-14/h1,3-4,7-9,12-13,18-19H,2,5-6,10-11H2. The zero-order chi connectivity index (χ0) is 13.5. The van der Waals surface area contributed by atoms with E-state index in [9.17, 15) is 10.2 Å². The highest BCUT2D eigenvalue weighted by atomic mass is 16.3. The van der Waals surface area contributed by atoms with Crippen LogP contribution in [0.2, 0.25) is 0 Å². The molecule has 0 saturated heterocycles. The normalized spacial score (nSPS) is 10.5.